The van der Waals surface area contributed by atoms with Crippen molar-refractivity contribution in [2.45, 2.75) is 13.3 Å². The van der Waals surface area contributed by atoms with Crippen LogP contribution in [0.2, 0.25) is 0 Å². The van der Waals surface area contributed by atoms with Gasteiger partial charge in [0.25, 0.3) is 0 Å². The smallest absolute Gasteiger partial charge is 0.211 e. The Balaban J connectivity index is 2.56. The fourth-order valence-corrected chi connectivity index (χ4v) is 1.78. The molecule has 0 aromatic heterocycles. The summed E-state index contributed by atoms with van der Waals surface area (Å²) in [7, 11) is -3.26. The molecule has 0 aliphatic heterocycles. The Morgan fingerprint density at radius 1 is 1.31 bits per heavy atom. The van der Waals surface area contributed by atoms with Crippen LogP contribution in [0.4, 0.5) is 8.78 Å². The average molecular weight is 249 g/mol. The molecule has 0 bridgehead atoms. The molecule has 1 rings (SSSR count). The number of hydrogen-bond donors (Lipinski definition) is 1. The summed E-state index contributed by atoms with van der Waals surface area (Å²) in [5.41, 5.74) is 0.292. The van der Waals surface area contributed by atoms with Gasteiger partial charge < -0.3 is 0 Å². The second-order valence-electron chi connectivity index (χ2n) is 3.28. The maximum absolute atomic E-state index is 13.1. The van der Waals surface area contributed by atoms with Gasteiger partial charge in [-0.25, -0.2) is 21.9 Å². The standard InChI is InChI=1S/C10H13F2NO2S/c1-2-16(14,15)13-6-5-8-3-4-9(11)7-10(8)12/h3-4,7,13H,2,5-6H2,1H3. The topological polar surface area (TPSA) is 46.2 Å². The minimum atomic E-state index is -3.26. The molecule has 6 heteroatoms. The van der Waals surface area contributed by atoms with Crippen molar-refractivity contribution in [2.24, 2.45) is 0 Å². The van der Waals surface area contributed by atoms with E-state index in [1.54, 1.807) is 0 Å². The molecule has 0 fully saturated rings. The molecule has 0 amide bonds. The quantitative estimate of drug-likeness (QED) is 0.858. The number of halogens is 2. The first-order valence-electron chi connectivity index (χ1n) is 4.86. The molecule has 0 aliphatic carbocycles. The van der Waals surface area contributed by atoms with Gasteiger partial charge in [-0.2, -0.15) is 0 Å². The summed E-state index contributed by atoms with van der Waals surface area (Å²) in [6.45, 7) is 1.62. The van der Waals surface area contributed by atoms with Gasteiger partial charge in [0.15, 0.2) is 0 Å². The minimum absolute atomic E-state index is 0.0150. The van der Waals surface area contributed by atoms with Crippen molar-refractivity contribution in [3.63, 3.8) is 0 Å². The lowest BCUT2D eigenvalue weighted by Crippen LogP contribution is -2.27. The van der Waals surface area contributed by atoms with Crippen molar-refractivity contribution in [1.29, 1.82) is 0 Å². The normalized spacial score (nSPS) is 11.7. The van der Waals surface area contributed by atoms with Crippen LogP contribution in [0.15, 0.2) is 18.2 Å². The lowest BCUT2D eigenvalue weighted by atomic mass is 10.1. The molecule has 1 aromatic rings. The summed E-state index contributed by atoms with van der Waals surface area (Å²) in [5.74, 6) is -1.31. The molecule has 1 aromatic carbocycles. The Morgan fingerprint density at radius 2 is 2.00 bits per heavy atom. The fraction of sp³-hybridized carbons (Fsp3) is 0.400. The number of nitrogens with one attached hydrogen (secondary N) is 1. The molecule has 0 unspecified atom stereocenters. The van der Waals surface area contributed by atoms with Gasteiger partial charge in [-0.1, -0.05) is 6.07 Å². The van der Waals surface area contributed by atoms with E-state index in [4.69, 9.17) is 0 Å². The summed E-state index contributed by atoms with van der Waals surface area (Å²) < 4.78 is 50.1. The Kier molecular flexibility index (Phi) is 4.37. The van der Waals surface area contributed by atoms with E-state index >= 15 is 0 Å². The molecule has 90 valence electrons. The van der Waals surface area contributed by atoms with E-state index in [-0.39, 0.29) is 18.7 Å². The highest BCUT2D eigenvalue weighted by Gasteiger charge is 2.07. The first-order valence-corrected chi connectivity index (χ1v) is 6.51. The van der Waals surface area contributed by atoms with Crippen LogP contribution in [0.3, 0.4) is 0 Å². The zero-order chi connectivity index (χ0) is 12.2. The van der Waals surface area contributed by atoms with Crippen LogP contribution in [-0.4, -0.2) is 20.7 Å². The van der Waals surface area contributed by atoms with Gasteiger partial charge in [0.1, 0.15) is 11.6 Å². The van der Waals surface area contributed by atoms with E-state index in [0.717, 1.165) is 12.1 Å². The summed E-state index contributed by atoms with van der Waals surface area (Å²) in [6.07, 6.45) is 0.200. The van der Waals surface area contributed by atoms with E-state index in [1.807, 2.05) is 0 Å². The summed E-state index contributed by atoms with van der Waals surface area (Å²) in [6, 6.07) is 3.24. The third-order valence-electron chi connectivity index (χ3n) is 2.11. The van der Waals surface area contributed by atoms with Crippen LogP contribution in [0.1, 0.15) is 12.5 Å². The summed E-state index contributed by atoms with van der Waals surface area (Å²) in [4.78, 5) is 0. The maximum Gasteiger partial charge on any atom is 0.211 e. The van der Waals surface area contributed by atoms with Gasteiger partial charge in [-0.05, 0) is 25.0 Å². The fourth-order valence-electron chi connectivity index (χ4n) is 1.17. The van der Waals surface area contributed by atoms with E-state index in [1.165, 1.54) is 13.0 Å². The lowest BCUT2D eigenvalue weighted by molar-refractivity contribution is 0.565. The first kappa shape index (κ1) is 13.1. The third-order valence-corrected chi connectivity index (χ3v) is 3.52. The van der Waals surface area contributed by atoms with E-state index in [0.29, 0.717) is 5.56 Å². The minimum Gasteiger partial charge on any atom is -0.215 e. The van der Waals surface area contributed by atoms with Gasteiger partial charge in [0.05, 0.1) is 5.75 Å². The molecule has 3 nitrogen and oxygen atoms in total. The molecule has 0 aliphatic rings. The largest absolute Gasteiger partial charge is 0.215 e. The third kappa shape index (κ3) is 3.86. The van der Waals surface area contributed by atoms with Gasteiger partial charge in [-0.15, -0.1) is 0 Å². The monoisotopic (exact) mass is 249 g/mol. The van der Waals surface area contributed by atoms with Crippen LogP contribution in [0.25, 0.3) is 0 Å². The molecule has 0 saturated heterocycles. The second kappa shape index (κ2) is 5.36. The molecular formula is C10H13F2NO2S. The maximum atomic E-state index is 13.1. The van der Waals surface area contributed by atoms with Crippen molar-refractivity contribution in [3.8, 4) is 0 Å². The van der Waals surface area contributed by atoms with Gasteiger partial charge in [0.2, 0.25) is 10.0 Å². The molecule has 16 heavy (non-hydrogen) atoms. The van der Waals surface area contributed by atoms with Crippen molar-refractivity contribution in [3.05, 3.63) is 35.4 Å². The van der Waals surface area contributed by atoms with Gasteiger partial charge in [-0.3, -0.25) is 0 Å². The average Bonchev–Trinajstić information content (AvgIpc) is 2.21. The van der Waals surface area contributed by atoms with Crippen molar-refractivity contribution >= 4 is 10.0 Å². The van der Waals surface area contributed by atoms with Crippen LogP contribution >= 0.6 is 0 Å². The van der Waals surface area contributed by atoms with Crippen LogP contribution in [0, 0.1) is 11.6 Å². The predicted octanol–water partition coefficient (Wildman–Crippen LogP) is 1.45. The predicted molar refractivity (Wildman–Crippen MR) is 57.5 cm³/mol. The van der Waals surface area contributed by atoms with E-state index in [2.05, 4.69) is 4.72 Å². The van der Waals surface area contributed by atoms with E-state index in [9.17, 15) is 17.2 Å². The Morgan fingerprint density at radius 3 is 2.56 bits per heavy atom. The molecular weight excluding hydrogens is 236 g/mol. The Bertz CT molecular complexity index is 460. The number of sulfonamides is 1. The zero-order valence-corrected chi connectivity index (χ0v) is 9.65. The molecule has 0 radical (unpaired) electrons. The molecule has 0 heterocycles. The summed E-state index contributed by atoms with van der Waals surface area (Å²) >= 11 is 0. The lowest BCUT2D eigenvalue weighted by Gasteiger charge is -2.05. The summed E-state index contributed by atoms with van der Waals surface area (Å²) in [5, 5.41) is 0. The number of rotatable bonds is 5. The number of benzene rings is 1. The first-order chi connectivity index (χ1) is 7.44. The Hall–Kier alpha value is -1.01. The number of hydrogen-bond acceptors (Lipinski definition) is 2. The highest BCUT2D eigenvalue weighted by Crippen LogP contribution is 2.09. The van der Waals surface area contributed by atoms with Crippen LogP contribution < -0.4 is 4.72 Å². The zero-order valence-electron chi connectivity index (χ0n) is 8.83. The molecule has 0 spiro atoms. The molecule has 0 atom stereocenters. The molecule has 1 N–H and O–H groups in total. The van der Waals surface area contributed by atoms with Crippen molar-refractivity contribution < 1.29 is 17.2 Å². The van der Waals surface area contributed by atoms with Crippen LogP contribution in [-0.2, 0) is 16.4 Å². The van der Waals surface area contributed by atoms with E-state index < -0.39 is 21.7 Å². The highest BCUT2D eigenvalue weighted by atomic mass is 32.2. The van der Waals surface area contributed by atoms with Gasteiger partial charge >= 0.3 is 0 Å². The SMILES string of the molecule is CCS(=O)(=O)NCCc1ccc(F)cc1F. The Labute approximate surface area is 93.5 Å². The van der Waals surface area contributed by atoms with Crippen LogP contribution in [0.5, 0.6) is 0 Å². The molecule has 0 saturated carbocycles. The van der Waals surface area contributed by atoms with Gasteiger partial charge in [0, 0.05) is 12.6 Å². The van der Waals surface area contributed by atoms with Crippen molar-refractivity contribution in [2.75, 3.05) is 12.3 Å². The second-order valence-corrected chi connectivity index (χ2v) is 5.38. The van der Waals surface area contributed by atoms with Crippen molar-refractivity contribution in [1.82, 2.24) is 4.72 Å². The highest BCUT2D eigenvalue weighted by molar-refractivity contribution is 7.89.